The lowest BCUT2D eigenvalue weighted by Gasteiger charge is -1.78. The first-order chi connectivity index (χ1) is 5.27. The number of carboxylic acid groups (broad SMARTS) is 1. The van der Waals surface area contributed by atoms with Gasteiger partial charge in [0.2, 0.25) is 0 Å². The Labute approximate surface area is 65.7 Å². The van der Waals surface area contributed by atoms with Crippen LogP contribution in [0.1, 0.15) is 0 Å². The Bertz CT molecular complexity index is 160. The van der Waals surface area contributed by atoms with Crippen molar-refractivity contribution in [3.8, 4) is 0 Å². The number of benzene rings is 1. The van der Waals surface area contributed by atoms with Crippen molar-refractivity contribution in [2.45, 2.75) is 0 Å². The molecule has 0 aliphatic carbocycles. The fourth-order valence-electron chi connectivity index (χ4n) is 0.385. The van der Waals surface area contributed by atoms with Crippen molar-refractivity contribution in [1.29, 1.82) is 0 Å². The maximum Gasteiger partial charge on any atom is 0.404 e. The van der Waals surface area contributed by atoms with Crippen LogP contribution in [0.5, 0.6) is 0 Å². The van der Waals surface area contributed by atoms with Gasteiger partial charge < -0.3 is 10.4 Å². The lowest BCUT2D eigenvalue weighted by atomic mass is 10.4. The Balaban J connectivity index is 0.000000187. The van der Waals surface area contributed by atoms with Gasteiger partial charge >= 0.3 is 6.09 Å². The normalized spacial score (nSPS) is 7.36. The zero-order valence-electron chi connectivity index (χ0n) is 6.32. The maximum absolute atomic E-state index is 9.26. The molecule has 0 unspecified atom stereocenters. The van der Waals surface area contributed by atoms with Crippen molar-refractivity contribution in [3.63, 3.8) is 0 Å². The monoisotopic (exact) mass is 153 g/mol. The fraction of sp³-hybridized carbons (Fsp3) is 0.125. The van der Waals surface area contributed by atoms with E-state index in [9.17, 15) is 4.79 Å². The van der Waals surface area contributed by atoms with Crippen LogP contribution in [0, 0.1) is 0 Å². The second-order valence-electron chi connectivity index (χ2n) is 1.71. The molecule has 0 aliphatic heterocycles. The van der Waals surface area contributed by atoms with Crippen molar-refractivity contribution in [1.82, 2.24) is 5.32 Å². The van der Waals surface area contributed by atoms with Gasteiger partial charge in [-0.05, 0) is 0 Å². The van der Waals surface area contributed by atoms with E-state index in [0.29, 0.717) is 0 Å². The van der Waals surface area contributed by atoms with Crippen molar-refractivity contribution >= 4 is 6.09 Å². The molecule has 11 heavy (non-hydrogen) atoms. The van der Waals surface area contributed by atoms with E-state index in [1.807, 2.05) is 41.7 Å². The summed E-state index contributed by atoms with van der Waals surface area (Å²) in [6.45, 7) is 0. The highest BCUT2D eigenvalue weighted by atomic mass is 16.4. The zero-order valence-corrected chi connectivity index (χ0v) is 6.32. The summed E-state index contributed by atoms with van der Waals surface area (Å²) in [5, 5.41) is 9.56. The van der Waals surface area contributed by atoms with Crippen molar-refractivity contribution in [3.05, 3.63) is 36.4 Å². The molecule has 0 aliphatic rings. The van der Waals surface area contributed by atoms with E-state index in [1.165, 1.54) is 7.05 Å². The van der Waals surface area contributed by atoms with Crippen LogP contribution in [-0.2, 0) is 0 Å². The Morgan fingerprint density at radius 2 is 1.27 bits per heavy atom. The molecule has 1 aromatic carbocycles. The van der Waals surface area contributed by atoms with E-state index in [-0.39, 0.29) is 0 Å². The predicted octanol–water partition coefficient (Wildman–Crippen LogP) is 1.57. The third kappa shape index (κ3) is 8.49. The van der Waals surface area contributed by atoms with Gasteiger partial charge in [0.15, 0.2) is 0 Å². The zero-order chi connectivity index (χ0) is 8.53. The van der Waals surface area contributed by atoms with Crippen LogP contribution >= 0.6 is 0 Å². The van der Waals surface area contributed by atoms with Crippen LogP contribution in [0.3, 0.4) is 0 Å². The van der Waals surface area contributed by atoms with Gasteiger partial charge in [-0.1, -0.05) is 36.4 Å². The number of nitrogens with one attached hydrogen (secondary N) is 1. The van der Waals surface area contributed by atoms with Crippen molar-refractivity contribution < 1.29 is 9.90 Å². The van der Waals surface area contributed by atoms with Crippen LogP contribution in [0.2, 0.25) is 0 Å². The fourth-order valence-corrected chi connectivity index (χ4v) is 0.385. The summed E-state index contributed by atoms with van der Waals surface area (Å²) in [5.41, 5.74) is 0. The molecule has 0 bridgehead atoms. The van der Waals surface area contributed by atoms with E-state index in [0.717, 1.165) is 0 Å². The average Bonchev–Trinajstić information content (AvgIpc) is 2.09. The molecule has 2 N–H and O–H groups in total. The molecule has 3 nitrogen and oxygen atoms in total. The van der Waals surface area contributed by atoms with E-state index in [1.54, 1.807) is 0 Å². The van der Waals surface area contributed by atoms with Crippen molar-refractivity contribution in [2.75, 3.05) is 7.05 Å². The Morgan fingerprint density at radius 3 is 1.36 bits per heavy atom. The van der Waals surface area contributed by atoms with Gasteiger partial charge in [0.05, 0.1) is 0 Å². The van der Waals surface area contributed by atoms with E-state index < -0.39 is 6.09 Å². The quantitative estimate of drug-likeness (QED) is 0.594. The second-order valence-corrected chi connectivity index (χ2v) is 1.71. The largest absolute Gasteiger partial charge is 0.465 e. The summed E-state index contributed by atoms with van der Waals surface area (Å²) in [5.74, 6) is 0. The highest BCUT2D eigenvalue weighted by Gasteiger charge is 1.76. The van der Waals surface area contributed by atoms with Crippen LogP contribution in [0.4, 0.5) is 4.79 Å². The number of hydrogen-bond acceptors (Lipinski definition) is 1. The Kier molecular flexibility index (Phi) is 5.70. The highest BCUT2D eigenvalue weighted by molar-refractivity contribution is 5.63. The van der Waals surface area contributed by atoms with Gasteiger partial charge in [-0.2, -0.15) is 0 Å². The molecular weight excluding hydrogens is 142 g/mol. The van der Waals surface area contributed by atoms with Crippen LogP contribution in [0.25, 0.3) is 0 Å². The SMILES string of the molecule is CNC(=O)O.c1ccccc1. The smallest absolute Gasteiger partial charge is 0.404 e. The molecule has 0 saturated carbocycles. The summed E-state index contributed by atoms with van der Waals surface area (Å²) in [6.07, 6.45) is -0.995. The molecule has 1 rings (SSSR count). The van der Waals surface area contributed by atoms with E-state index >= 15 is 0 Å². The minimum absolute atomic E-state index is 0.995. The lowest BCUT2D eigenvalue weighted by molar-refractivity contribution is 0.197. The summed E-state index contributed by atoms with van der Waals surface area (Å²) in [7, 11) is 1.35. The third-order valence-electron chi connectivity index (χ3n) is 0.881. The van der Waals surface area contributed by atoms with Crippen molar-refractivity contribution in [2.24, 2.45) is 0 Å². The molecule has 0 saturated heterocycles. The second kappa shape index (κ2) is 6.61. The Morgan fingerprint density at radius 1 is 1.09 bits per heavy atom. The molecule has 0 aromatic heterocycles. The van der Waals surface area contributed by atoms with Gasteiger partial charge in [-0.25, -0.2) is 4.79 Å². The molecule has 0 spiro atoms. The average molecular weight is 153 g/mol. The number of hydrogen-bond donors (Lipinski definition) is 2. The summed E-state index contributed by atoms with van der Waals surface area (Å²) >= 11 is 0. The standard InChI is InChI=1S/C6H6.C2H5NO2/c1-2-4-6-5-3-1;1-3-2(4)5/h1-6H;3H,1H3,(H,4,5). The van der Waals surface area contributed by atoms with Gasteiger partial charge in [0.25, 0.3) is 0 Å². The van der Waals surface area contributed by atoms with E-state index in [4.69, 9.17) is 5.11 Å². The first kappa shape index (κ1) is 9.49. The lowest BCUT2D eigenvalue weighted by Crippen LogP contribution is -2.13. The molecule has 3 heteroatoms. The molecule has 1 aromatic rings. The third-order valence-corrected chi connectivity index (χ3v) is 0.881. The van der Waals surface area contributed by atoms with Crippen LogP contribution in [0.15, 0.2) is 36.4 Å². The Hall–Kier alpha value is -1.51. The first-order valence-electron chi connectivity index (χ1n) is 3.18. The molecule has 0 radical (unpaired) electrons. The molecule has 0 atom stereocenters. The minimum atomic E-state index is -0.995. The molecular formula is C8H11NO2. The van der Waals surface area contributed by atoms with Gasteiger partial charge in [0, 0.05) is 7.05 Å². The number of rotatable bonds is 0. The highest BCUT2D eigenvalue weighted by Crippen LogP contribution is 1.79. The summed E-state index contributed by atoms with van der Waals surface area (Å²) < 4.78 is 0. The van der Waals surface area contributed by atoms with E-state index in [2.05, 4.69) is 0 Å². The van der Waals surface area contributed by atoms with Gasteiger partial charge in [-0.3, -0.25) is 0 Å². The van der Waals surface area contributed by atoms with Gasteiger partial charge in [0.1, 0.15) is 0 Å². The van der Waals surface area contributed by atoms with Gasteiger partial charge in [-0.15, -0.1) is 0 Å². The van der Waals surface area contributed by atoms with Crippen LogP contribution < -0.4 is 5.32 Å². The minimum Gasteiger partial charge on any atom is -0.465 e. The molecule has 0 fully saturated rings. The summed E-state index contributed by atoms with van der Waals surface area (Å²) in [6, 6.07) is 12.0. The predicted molar refractivity (Wildman–Crippen MR) is 43.5 cm³/mol. The molecule has 1 amide bonds. The number of amides is 1. The first-order valence-corrected chi connectivity index (χ1v) is 3.18. The number of carbonyl (C=O) groups is 1. The molecule has 60 valence electrons. The van der Waals surface area contributed by atoms with Crippen LogP contribution in [-0.4, -0.2) is 18.2 Å². The summed E-state index contributed by atoms with van der Waals surface area (Å²) in [4.78, 5) is 9.26. The topological polar surface area (TPSA) is 49.3 Å². The molecule has 0 heterocycles. The maximum atomic E-state index is 9.26.